The number of halogens is 2. The fraction of sp³-hybridized carbons (Fsp3) is 0.385. The Hall–Kier alpha value is -1.27. The van der Waals surface area contributed by atoms with Crippen LogP contribution in [0.3, 0.4) is 0 Å². The largest absolute Gasteiger partial charge is 0.370 e. The number of hydrogen-bond acceptors (Lipinski definition) is 3. The van der Waals surface area contributed by atoms with E-state index in [1.165, 1.54) is 12.3 Å². The molecule has 1 aliphatic rings. The molecule has 0 saturated heterocycles. The lowest BCUT2D eigenvalue weighted by molar-refractivity contribution is -0.0108. The van der Waals surface area contributed by atoms with E-state index in [1.54, 1.807) is 6.07 Å². The zero-order valence-electron chi connectivity index (χ0n) is 10.6. The highest BCUT2D eigenvalue weighted by Gasteiger charge is 2.28. The highest BCUT2D eigenvalue weighted by Crippen LogP contribution is 2.35. The summed E-state index contributed by atoms with van der Waals surface area (Å²) in [6.07, 6.45) is 1.32. The molecular weight excluding hydrogens is 313 g/mol. The van der Waals surface area contributed by atoms with Crippen molar-refractivity contribution >= 4 is 15.9 Å². The highest BCUT2D eigenvalue weighted by molar-refractivity contribution is 9.10. The van der Waals surface area contributed by atoms with Gasteiger partial charge in [-0.1, -0.05) is 0 Å². The molecule has 0 radical (unpaired) electrons. The number of ether oxygens (including phenoxy) is 1. The molecule has 0 fully saturated rings. The second-order valence-corrected chi connectivity index (χ2v) is 5.47. The first kappa shape index (κ1) is 12.7. The van der Waals surface area contributed by atoms with Gasteiger partial charge in [0.2, 0.25) is 0 Å². The molecule has 3 heterocycles. The van der Waals surface area contributed by atoms with Gasteiger partial charge in [0, 0.05) is 0 Å². The molecule has 0 amide bonds. The zero-order chi connectivity index (χ0) is 13.6. The molecule has 0 bridgehead atoms. The van der Waals surface area contributed by atoms with E-state index in [4.69, 9.17) is 4.74 Å². The van der Waals surface area contributed by atoms with E-state index < -0.39 is 0 Å². The summed E-state index contributed by atoms with van der Waals surface area (Å²) in [6.45, 7) is 4.61. The molecule has 0 aromatic carbocycles. The average molecular weight is 326 g/mol. The smallest absolute Gasteiger partial charge is 0.141 e. The Balaban J connectivity index is 2.09. The van der Waals surface area contributed by atoms with E-state index in [-0.39, 0.29) is 18.0 Å². The molecule has 19 heavy (non-hydrogen) atoms. The minimum Gasteiger partial charge on any atom is -0.370 e. The van der Waals surface area contributed by atoms with Crippen molar-refractivity contribution in [3.63, 3.8) is 0 Å². The van der Waals surface area contributed by atoms with E-state index in [9.17, 15) is 4.39 Å². The topological polar surface area (TPSA) is 39.9 Å². The Labute approximate surface area is 118 Å². The third-order valence-corrected chi connectivity index (χ3v) is 4.30. The molecule has 0 saturated carbocycles. The first-order chi connectivity index (χ1) is 9.08. The molecule has 3 rings (SSSR count). The van der Waals surface area contributed by atoms with Crippen LogP contribution in [0.15, 0.2) is 22.8 Å². The first-order valence-corrected chi connectivity index (χ1v) is 6.87. The van der Waals surface area contributed by atoms with Crippen molar-refractivity contribution in [2.75, 3.05) is 0 Å². The van der Waals surface area contributed by atoms with Crippen LogP contribution in [-0.2, 0) is 11.3 Å². The summed E-state index contributed by atoms with van der Waals surface area (Å²) in [4.78, 5) is 4.08. The number of rotatable bonds is 1. The minimum atomic E-state index is -0.353. The molecule has 2 aromatic rings. The van der Waals surface area contributed by atoms with E-state index in [1.807, 2.05) is 11.6 Å². The third kappa shape index (κ3) is 2.08. The van der Waals surface area contributed by atoms with Crippen LogP contribution in [0, 0.1) is 5.82 Å². The van der Waals surface area contributed by atoms with Gasteiger partial charge in [-0.3, -0.25) is 9.67 Å². The summed E-state index contributed by atoms with van der Waals surface area (Å²) < 4.78 is 21.4. The minimum absolute atomic E-state index is 0.119. The van der Waals surface area contributed by atoms with Crippen LogP contribution in [0.25, 0.3) is 11.4 Å². The Kier molecular flexibility index (Phi) is 3.14. The van der Waals surface area contributed by atoms with Crippen LogP contribution in [0.1, 0.15) is 25.6 Å². The first-order valence-electron chi connectivity index (χ1n) is 6.08. The van der Waals surface area contributed by atoms with E-state index in [0.717, 1.165) is 15.9 Å². The molecule has 0 N–H and O–H groups in total. The van der Waals surface area contributed by atoms with Crippen molar-refractivity contribution in [3.05, 3.63) is 34.3 Å². The van der Waals surface area contributed by atoms with Gasteiger partial charge in [0.25, 0.3) is 0 Å². The molecule has 4 nitrogen and oxygen atoms in total. The van der Waals surface area contributed by atoms with Crippen LogP contribution < -0.4 is 0 Å². The molecule has 2 atom stereocenters. The summed E-state index contributed by atoms with van der Waals surface area (Å²) in [5.74, 6) is -0.353. The van der Waals surface area contributed by atoms with Crippen molar-refractivity contribution < 1.29 is 9.13 Å². The summed E-state index contributed by atoms with van der Waals surface area (Å²) in [7, 11) is 0. The van der Waals surface area contributed by atoms with E-state index >= 15 is 0 Å². The van der Waals surface area contributed by atoms with E-state index in [2.05, 4.69) is 32.9 Å². The fourth-order valence-corrected chi connectivity index (χ4v) is 2.72. The molecule has 0 aliphatic carbocycles. The Morgan fingerprint density at radius 2 is 2.21 bits per heavy atom. The van der Waals surface area contributed by atoms with Gasteiger partial charge in [-0.15, -0.1) is 0 Å². The maximum atomic E-state index is 12.9. The normalized spacial score (nSPS) is 22.3. The number of nitrogens with zero attached hydrogens (tertiary/aromatic N) is 3. The standard InChI is InChI=1S/C13H13BrFN3O/c1-7-8(2)19-6-11-12(14)13(17-18(7)11)10-4-3-9(15)5-16-10/h3-5,7-8H,6H2,1-2H3. The van der Waals surface area contributed by atoms with Crippen LogP contribution in [0.4, 0.5) is 4.39 Å². The third-order valence-electron chi connectivity index (χ3n) is 3.46. The second-order valence-electron chi connectivity index (χ2n) is 4.67. The number of fused-ring (bicyclic) bond motifs is 1. The van der Waals surface area contributed by atoms with Gasteiger partial charge in [-0.25, -0.2) is 4.39 Å². The van der Waals surface area contributed by atoms with Crippen molar-refractivity contribution in [3.8, 4) is 11.4 Å². The molecule has 2 aromatic heterocycles. The predicted octanol–water partition coefficient (Wildman–Crippen LogP) is 3.33. The summed E-state index contributed by atoms with van der Waals surface area (Å²) >= 11 is 3.54. The number of hydrogen-bond donors (Lipinski definition) is 0. The van der Waals surface area contributed by atoms with Gasteiger partial charge in [0.1, 0.15) is 11.5 Å². The maximum Gasteiger partial charge on any atom is 0.141 e. The van der Waals surface area contributed by atoms with E-state index in [0.29, 0.717) is 12.3 Å². The van der Waals surface area contributed by atoms with Gasteiger partial charge in [0.05, 0.1) is 40.8 Å². The van der Waals surface area contributed by atoms with Gasteiger partial charge in [-0.2, -0.15) is 5.10 Å². The SMILES string of the molecule is CC1OCc2c(Br)c(-c3ccc(F)cn3)nn2C1C. The van der Waals surface area contributed by atoms with Crippen molar-refractivity contribution in [2.45, 2.75) is 32.6 Å². The van der Waals surface area contributed by atoms with Crippen molar-refractivity contribution in [2.24, 2.45) is 0 Å². The molecule has 1 aliphatic heterocycles. The molecule has 100 valence electrons. The predicted molar refractivity (Wildman–Crippen MR) is 72.1 cm³/mol. The van der Waals surface area contributed by atoms with Crippen LogP contribution in [0.5, 0.6) is 0 Å². The van der Waals surface area contributed by atoms with Gasteiger partial charge >= 0.3 is 0 Å². The maximum absolute atomic E-state index is 12.9. The van der Waals surface area contributed by atoms with Crippen molar-refractivity contribution in [1.82, 2.24) is 14.8 Å². The Bertz CT molecular complexity index is 611. The Morgan fingerprint density at radius 3 is 2.89 bits per heavy atom. The molecule has 6 heteroatoms. The number of aromatic nitrogens is 3. The zero-order valence-corrected chi connectivity index (χ0v) is 12.2. The quantitative estimate of drug-likeness (QED) is 0.807. The molecule has 2 unspecified atom stereocenters. The second kappa shape index (κ2) is 4.68. The lowest BCUT2D eigenvalue weighted by Gasteiger charge is -2.28. The Morgan fingerprint density at radius 1 is 1.42 bits per heavy atom. The molecular formula is C13H13BrFN3O. The lowest BCUT2D eigenvalue weighted by atomic mass is 10.2. The van der Waals surface area contributed by atoms with Crippen LogP contribution >= 0.6 is 15.9 Å². The van der Waals surface area contributed by atoms with Crippen LogP contribution in [-0.4, -0.2) is 20.9 Å². The van der Waals surface area contributed by atoms with Crippen molar-refractivity contribution in [1.29, 1.82) is 0 Å². The van der Waals surface area contributed by atoms with Crippen LogP contribution in [0.2, 0.25) is 0 Å². The summed E-state index contributed by atoms with van der Waals surface area (Å²) in [5, 5.41) is 4.59. The van der Waals surface area contributed by atoms with Gasteiger partial charge < -0.3 is 4.74 Å². The monoisotopic (exact) mass is 325 g/mol. The molecule has 0 spiro atoms. The number of pyridine rings is 1. The lowest BCUT2D eigenvalue weighted by Crippen LogP contribution is -2.29. The summed E-state index contributed by atoms with van der Waals surface area (Å²) in [6, 6.07) is 3.17. The van der Waals surface area contributed by atoms with Gasteiger partial charge in [-0.05, 0) is 41.9 Å². The van der Waals surface area contributed by atoms with Gasteiger partial charge in [0.15, 0.2) is 0 Å². The average Bonchev–Trinajstić information content (AvgIpc) is 2.73. The summed E-state index contributed by atoms with van der Waals surface area (Å²) in [5.41, 5.74) is 2.36. The highest BCUT2D eigenvalue weighted by atomic mass is 79.9. The fourth-order valence-electron chi connectivity index (χ4n) is 2.14.